The first-order chi connectivity index (χ1) is 11.0. The number of carbonyl (C=O) groups excluding carboxylic acids is 3. The van der Waals surface area contributed by atoms with E-state index in [0.29, 0.717) is 19.5 Å². The summed E-state index contributed by atoms with van der Waals surface area (Å²) < 4.78 is 5.13. The molecule has 0 spiro atoms. The summed E-state index contributed by atoms with van der Waals surface area (Å²) in [5.41, 5.74) is 2.30. The number of esters is 1. The molecule has 6 nitrogen and oxygen atoms in total. The Balaban J connectivity index is 1.79. The monoisotopic (exact) mass is 318 g/mol. The summed E-state index contributed by atoms with van der Waals surface area (Å²) in [6.07, 6.45) is 0.795. The maximum absolute atomic E-state index is 12.0. The molecule has 0 bridgehead atoms. The third kappa shape index (κ3) is 4.55. The second-order valence-corrected chi connectivity index (χ2v) is 5.52. The van der Waals surface area contributed by atoms with Crippen LogP contribution in [-0.2, 0) is 27.2 Å². The van der Waals surface area contributed by atoms with Gasteiger partial charge in [-0.05, 0) is 30.9 Å². The Hall–Kier alpha value is -2.37. The molecule has 1 atom stereocenters. The third-order valence-electron chi connectivity index (χ3n) is 3.83. The van der Waals surface area contributed by atoms with E-state index in [9.17, 15) is 14.4 Å². The molecule has 2 rings (SSSR count). The van der Waals surface area contributed by atoms with E-state index in [1.165, 1.54) is 12.5 Å². The van der Waals surface area contributed by atoms with Gasteiger partial charge in [-0.3, -0.25) is 14.5 Å². The molecule has 1 saturated heterocycles. The Bertz CT molecular complexity index is 583. The zero-order valence-electron chi connectivity index (χ0n) is 13.5. The molecule has 0 unspecified atom stereocenters. The summed E-state index contributed by atoms with van der Waals surface area (Å²) in [4.78, 5) is 36.4. The molecule has 3 amide bonds. The number of ether oxygens (including phenoxy) is 1. The van der Waals surface area contributed by atoms with Crippen LogP contribution >= 0.6 is 0 Å². The smallest absolute Gasteiger partial charge is 0.324 e. The van der Waals surface area contributed by atoms with Crippen LogP contribution in [0.2, 0.25) is 0 Å². The Morgan fingerprint density at radius 3 is 2.48 bits per heavy atom. The van der Waals surface area contributed by atoms with E-state index in [4.69, 9.17) is 4.74 Å². The fraction of sp³-hybridized carbons (Fsp3) is 0.471. The van der Waals surface area contributed by atoms with Crippen molar-refractivity contribution in [1.82, 2.24) is 10.2 Å². The van der Waals surface area contributed by atoms with E-state index in [1.807, 2.05) is 24.3 Å². The number of nitrogens with zero attached hydrogens (tertiary/aromatic N) is 1. The lowest BCUT2D eigenvalue weighted by atomic mass is 10.1. The minimum absolute atomic E-state index is 0.204. The molecule has 1 heterocycles. The predicted octanol–water partition coefficient (Wildman–Crippen LogP) is 1.67. The molecule has 124 valence electrons. The summed E-state index contributed by atoms with van der Waals surface area (Å²) in [6.45, 7) is 4.32. The van der Waals surface area contributed by atoms with Crippen molar-refractivity contribution in [3.05, 3.63) is 35.4 Å². The van der Waals surface area contributed by atoms with Gasteiger partial charge in [0, 0.05) is 19.5 Å². The van der Waals surface area contributed by atoms with Crippen LogP contribution in [0.1, 0.15) is 31.4 Å². The largest absolute Gasteiger partial charge is 0.453 e. The number of rotatable bonds is 6. The van der Waals surface area contributed by atoms with E-state index in [1.54, 1.807) is 0 Å². The van der Waals surface area contributed by atoms with Gasteiger partial charge in [0.05, 0.1) is 0 Å². The highest BCUT2D eigenvalue weighted by Crippen LogP contribution is 2.09. The average Bonchev–Trinajstić information content (AvgIpc) is 2.98. The molecule has 1 N–H and O–H groups in total. The van der Waals surface area contributed by atoms with Gasteiger partial charge in [0.25, 0.3) is 5.91 Å². The molecule has 0 radical (unpaired) electrons. The normalized spacial score (nSPS) is 15.2. The van der Waals surface area contributed by atoms with Crippen molar-refractivity contribution in [3.63, 3.8) is 0 Å². The van der Waals surface area contributed by atoms with Gasteiger partial charge in [0.15, 0.2) is 6.10 Å². The van der Waals surface area contributed by atoms with Crippen LogP contribution < -0.4 is 5.32 Å². The number of hydrogen-bond acceptors (Lipinski definition) is 4. The first kappa shape index (κ1) is 17.0. The molecule has 6 heteroatoms. The maximum atomic E-state index is 12.0. The Morgan fingerprint density at radius 1 is 1.26 bits per heavy atom. The summed E-state index contributed by atoms with van der Waals surface area (Å²) in [5, 5.41) is 2.54. The maximum Gasteiger partial charge on any atom is 0.324 e. The van der Waals surface area contributed by atoms with E-state index in [2.05, 4.69) is 12.2 Å². The number of benzene rings is 1. The predicted molar refractivity (Wildman–Crippen MR) is 84.8 cm³/mol. The van der Waals surface area contributed by atoms with Gasteiger partial charge >= 0.3 is 12.0 Å². The van der Waals surface area contributed by atoms with Crippen LogP contribution in [-0.4, -0.2) is 42.0 Å². The number of imide groups is 1. The minimum Gasteiger partial charge on any atom is -0.453 e. The molecular weight excluding hydrogens is 296 g/mol. The van der Waals surface area contributed by atoms with Gasteiger partial charge < -0.3 is 10.1 Å². The number of carbonyl (C=O) groups is 3. The van der Waals surface area contributed by atoms with Crippen molar-refractivity contribution in [2.45, 2.75) is 39.2 Å². The highest BCUT2D eigenvalue weighted by Gasteiger charge is 2.31. The fourth-order valence-corrected chi connectivity index (χ4v) is 2.40. The summed E-state index contributed by atoms with van der Waals surface area (Å²) >= 11 is 0. The van der Waals surface area contributed by atoms with Crippen molar-refractivity contribution in [3.8, 4) is 0 Å². The first-order valence-electron chi connectivity index (χ1n) is 7.87. The number of urea groups is 1. The van der Waals surface area contributed by atoms with Crippen LogP contribution in [0.5, 0.6) is 0 Å². The van der Waals surface area contributed by atoms with Crippen molar-refractivity contribution in [2.24, 2.45) is 0 Å². The molecule has 1 fully saturated rings. The van der Waals surface area contributed by atoms with Gasteiger partial charge in [0.2, 0.25) is 0 Å². The van der Waals surface area contributed by atoms with Crippen molar-refractivity contribution in [1.29, 1.82) is 0 Å². The molecule has 0 aromatic heterocycles. The lowest BCUT2D eigenvalue weighted by molar-refractivity contribution is -0.157. The second kappa shape index (κ2) is 7.76. The molecule has 1 aromatic rings. The average molecular weight is 318 g/mol. The van der Waals surface area contributed by atoms with Gasteiger partial charge in [-0.15, -0.1) is 0 Å². The quantitative estimate of drug-likeness (QED) is 0.810. The molecular formula is C17H22N2O4. The molecule has 0 saturated carbocycles. The van der Waals surface area contributed by atoms with Crippen LogP contribution in [0, 0.1) is 0 Å². The van der Waals surface area contributed by atoms with Gasteiger partial charge in [-0.2, -0.15) is 0 Å². The first-order valence-corrected chi connectivity index (χ1v) is 7.87. The van der Waals surface area contributed by atoms with Gasteiger partial charge in [0.1, 0.15) is 0 Å². The lowest BCUT2D eigenvalue weighted by Crippen LogP contribution is -2.41. The van der Waals surface area contributed by atoms with Crippen LogP contribution in [0.3, 0.4) is 0 Å². The minimum atomic E-state index is -0.950. The lowest BCUT2D eigenvalue weighted by Gasteiger charge is -2.18. The van der Waals surface area contributed by atoms with E-state index < -0.39 is 24.0 Å². The number of nitrogens with one attached hydrogen (secondary N) is 1. The second-order valence-electron chi connectivity index (χ2n) is 5.52. The van der Waals surface area contributed by atoms with Gasteiger partial charge in [-0.25, -0.2) is 4.79 Å². The molecule has 1 aromatic carbocycles. The van der Waals surface area contributed by atoms with Crippen molar-refractivity contribution < 1.29 is 19.1 Å². The summed E-state index contributed by atoms with van der Waals surface area (Å²) in [5.74, 6) is -0.925. The van der Waals surface area contributed by atoms with E-state index >= 15 is 0 Å². The van der Waals surface area contributed by atoms with Crippen LogP contribution in [0.4, 0.5) is 4.79 Å². The van der Waals surface area contributed by atoms with Crippen molar-refractivity contribution >= 4 is 17.9 Å². The molecule has 23 heavy (non-hydrogen) atoms. The zero-order valence-corrected chi connectivity index (χ0v) is 13.5. The van der Waals surface area contributed by atoms with Crippen molar-refractivity contribution in [2.75, 3.05) is 13.1 Å². The van der Waals surface area contributed by atoms with Gasteiger partial charge in [-0.1, -0.05) is 31.2 Å². The molecule has 1 aliphatic rings. The number of amides is 3. The van der Waals surface area contributed by atoms with Crippen LogP contribution in [0.15, 0.2) is 24.3 Å². The zero-order chi connectivity index (χ0) is 16.8. The van der Waals surface area contributed by atoms with E-state index in [-0.39, 0.29) is 6.42 Å². The fourth-order valence-electron chi connectivity index (χ4n) is 2.40. The summed E-state index contributed by atoms with van der Waals surface area (Å²) in [6, 6.07) is 7.64. The highest BCUT2D eigenvalue weighted by molar-refractivity contribution is 5.98. The highest BCUT2D eigenvalue weighted by atomic mass is 16.5. The SMILES string of the molecule is CCc1ccc(CCC(=O)O[C@@H](C)C(=O)N2CCNC2=O)cc1. The number of hydrogen-bond donors (Lipinski definition) is 1. The van der Waals surface area contributed by atoms with Crippen LogP contribution in [0.25, 0.3) is 0 Å². The third-order valence-corrected chi connectivity index (χ3v) is 3.83. The Labute approximate surface area is 135 Å². The standard InChI is InChI=1S/C17H22N2O4/c1-3-13-4-6-14(7-5-13)8-9-15(20)23-12(2)16(21)19-11-10-18-17(19)22/h4-7,12H,3,8-11H2,1-2H3,(H,18,22)/t12-/m0/s1. The Kier molecular flexibility index (Phi) is 5.73. The molecule has 0 aliphatic carbocycles. The topological polar surface area (TPSA) is 75.7 Å². The number of aryl methyl sites for hydroxylation is 2. The molecule has 1 aliphatic heterocycles. The summed E-state index contributed by atoms with van der Waals surface area (Å²) in [7, 11) is 0. The Morgan fingerprint density at radius 2 is 1.91 bits per heavy atom. The van der Waals surface area contributed by atoms with E-state index in [0.717, 1.165) is 16.9 Å².